The molecule has 25 heavy (non-hydrogen) atoms. The summed E-state index contributed by atoms with van der Waals surface area (Å²) >= 11 is 1.46. The summed E-state index contributed by atoms with van der Waals surface area (Å²) in [6.07, 6.45) is 0. The van der Waals surface area contributed by atoms with Crippen LogP contribution in [0.5, 0.6) is 0 Å². The summed E-state index contributed by atoms with van der Waals surface area (Å²) in [6.45, 7) is 4.08. The normalized spacial score (nSPS) is 11.0. The Labute approximate surface area is 149 Å². The van der Waals surface area contributed by atoms with Crippen molar-refractivity contribution in [3.63, 3.8) is 0 Å². The van der Waals surface area contributed by atoms with E-state index in [9.17, 15) is 4.79 Å². The maximum absolute atomic E-state index is 12.4. The van der Waals surface area contributed by atoms with E-state index in [4.69, 9.17) is 0 Å². The SMILES string of the molecule is Cc1ccc(NC(=O)c2csc(-c3cc4ccccc4[nH]3)n2)cc1C. The van der Waals surface area contributed by atoms with Crippen molar-refractivity contribution in [2.24, 2.45) is 0 Å². The van der Waals surface area contributed by atoms with Crippen molar-refractivity contribution in [2.75, 3.05) is 5.32 Å². The lowest BCUT2D eigenvalue weighted by molar-refractivity contribution is 0.102. The first-order chi connectivity index (χ1) is 12.1. The van der Waals surface area contributed by atoms with E-state index in [1.807, 2.05) is 50.2 Å². The molecule has 1 amide bonds. The van der Waals surface area contributed by atoms with Gasteiger partial charge in [0.2, 0.25) is 0 Å². The first kappa shape index (κ1) is 15.6. The predicted molar refractivity (Wildman–Crippen MR) is 103 cm³/mol. The molecule has 5 heteroatoms. The zero-order valence-corrected chi connectivity index (χ0v) is 14.8. The molecule has 0 fully saturated rings. The van der Waals surface area contributed by atoms with Gasteiger partial charge in [0.25, 0.3) is 5.91 Å². The van der Waals surface area contributed by atoms with Gasteiger partial charge in [0, 0.05) is 22.0 Å². The van der Waals surface area contributed by atoms with Crippen molar-refractivity contribution in [3.8, 4) is 10.7 Å². The third kappa shape index (κ3) is 3.06. The van der Waals surface area contributed by atoms with E-state index < -0.39 is 0 Å². The molecule has 0 radical (unpaired) electrons. The van der Waals surface area contributed by atoms with E-state index in [2.05, 4.69) is 27.4 Å². The van der Waals surface area contributed by atoms with Crippen LogP contribution in [0.25, 0.3) is 21.6 Å². The van der Waals surface area contributed by atoms with E-state index in [0.29, 0.717) is 5.69 Å². The standard InChI is InChI=1S/C20H17N3OS/c1-12-7-8-15(9-13(12)2)21-19(24)18-11-25-20(23-18)17-10-14-5-3-4-6-16(14)22-17/h3-11,22H,1-2H3,(H,21,24). The Morgan fingerprint density at radius 3 is 2.72 bits per heavy atom. The molecule has 4 nitrogen and oxygen atoms in total. The Morgan fingerprint density at radius 2 is 1.92 bits per heavy atom. The molecule has 2 aromatic carbocycles. The smallest absolute Gasteiger partial charge is 0.275 e. The monoisotopic (exact) mass is 347 g/mol. The maximum atomic E-state index is 12.4. The van der Waals surface area contributed by atoms with Gasteiger partial charge in [-0.2, -0.15) is 0 Å². The molecule has 124 valence electrons. The first-order valence-electron chi connectivity index (χ1n) is 8.02. The third-order valence-corrected chi connectivity index (χ3v) is 5.14. The molecule has 0 atom stereocenters. The van der Waals surface area contributed by atoms with Crippen molar-refractivity contribution >= 4 is 33.8 Å². The van der Waals surface area contributed by atoms with Crippen LogP contribution in [0.1, 0.15) is 21.6 Å². The van der Waals surface area contributed by atoms with Gasteiger partial charge in [0.1, 0.15) is 10.7 Å². The number of benzene rings is 2. The number of fused-ring (bicyclic) bond motifs is 1. The van der Waals surface area contributed by atoms with Crippen molar-refractivity contribution in [1.29, 1.82) is 0 Å². The molecule has 2 aromatic heterocycles. The van der Waals surface area contributed by atoms with Crippen LogP contribution in [0, 0.1) is 13.8 Å². The number of nitrogens with one attached hydrogen (secondary N) is 2. The zero-order chi connectivity index (χ0) is 17.4. The average Bonchev–Trinajstić information content (AvgIpc) is 3.24. The van der Waals surface area contributed by atoms with Crippen molar-refractivity contribution in [2.45, 2.75) is 13.8 Å². The van der Waals surface area contributed by atoms with E-state index in [1.54, 1.807) is 5.38 Å². The number of rotatable bonds is 3. The number of para-hydroxylation sites is 1. The lowest BCUT2D eigenvalue weighted by Gasteiger charge is -2.06. The highest BCUT2D eigenvalue weighted by atomic mass is 32.1. The van der Waals surface area contributed by atoms with Crippen LogP contribution >= 0.6 is 11.3 Å². The average molecular weight is 347 g/mol. The van der Waals surface area contributed by atoms with Crippen molar-refractivity contribution in [1.82, 2.24) is 9.97 Å². The van der Waals surface area contributed by atoms with Gasteiger partial charge < -0.3 is 10.3 Å². The van der Waals surface area contributed by atoms with Crippen LogP contribution in [0.2, 0.25) is 0 Å². The second-order valence-corrected chi connectivity index (χ2v) is 6.92. The van der Waals surface area contributed by atoms with E-state index in [1.165, 1.54) is 16.9 Å². The van der Waals surface area contributed by atoms with Gasteiger partial charge in [-0.3, -0.25) is 4.79 Å². The minimum atomic E-state index is -0.193. The number of aryl methyl sites for hydroxylation is 2. The minimum Gasteiger partial charge on any atom is -0.353 e. The van der Waals surface area contributed by atoms with E-state index >= 15 is 0 Å². The Hall–Kier alpha value is -2.92. The molecule has 0 unspecified atom stereocenters. The van der Waals surface area contributed by atoms with Gasteiger partial charge in [-0.15, -0.1) is 11.3 Å². The topological polar surface area (TPSA) is 57.8 Å². The fourth-order valence-electron chi connectivity index (χ4n) is 2.70. The number of hydrogen-bond donors (Lipinski definition) is 2. The zero-order valence-electron chi connectivity index (χ0n) is 14.0. The Bertz CT molecular complexity index is 1040. The number of hydrogen-bond acceptors (Lipinski definition) is 3. The Kier molecular flexibility index (Phi) is 3.86. The number of nitrogens with zero attached hydrogens (tertiary/aromatic N) is 1. The number of aromatic amines is 1. The number of aromatic nitrogens is 2. The second-order valence-electron chi connectivity index (χ2n) is 6.06. The minimum absolute atomic E-state index is 0.193. The molecule has 0 saturated heterocycles. The maximum Gasteiger partial charge on any atom is 0.275 e. The molecule has 0 bridgehead atoms. The Balaban J connectivity index is 1.57. The van der Waals surface area contributed by atoms with Gasteiger partial charge >= 0.3 is 0 Å². The van der Waals surface area contributed by atoms with Gasteiger partial charge in [-0.25, -0.2) is 4.98 Å². The molecule has 0 aliphatic rings. The highest BCUT2D eigenvalue weighted by Crippen LogP contribution is 2.27. The lowest BCUT2D eigenvalue weighted by atomic mass is 10.1. The number of H-pyrrole nitrogens is 1. The molecule has 0 aliphatic carbocycles. The summed E-state index contributed by atoms with van der Waals surface area (Å²) in [5.74, 6) is -0.193. The van der Waals surface area contributed by atoms with Crippen LogP contribution in [-0.4, -0.2) is 15.9 Å². The van der Waals surface area contributed by atoms with Gasteiger partial charge in [-0.05, 0) is 49.2 Å². The molecular formula is C20H17N3OS. The van der Waals surface area contributed by atoms with Gasteiger partial charge in [0.05, 0.1) is 5.69 Å². The van der Waals surface area contributed by atoms with E-state index in [-0.39, 0.29) is 5.91 Å². The Morgan fingerprint density at radius 1 is 1.08 bits per heavy atom. The van der Waals surface area contributed by atoms with Crippen LogP contribution in [0.3, 0.4) is 0 Å². The number of amides is 1. The molecule has 0 aliphatic heterocycles. The summed E-state index contributed by atoms with van der Waals surface area (Å²) < 4.78 is 0. The second kappa shape index (κ2) is 6.18. The molecule has 4 rings (SSSR count). The predicted octanol–water partition coefficient (Wildman–Crippen LogP) is 5.16. The highest BCUT2D eigenvalue weighted by molar-refractivity contribution is 7.13. The number of carbonyl (C=O) groups is 1. The number of thiazole rings is 1. The van der Waals surface area contributed by atoms with Crippen LogP contribution < -0.4 is 5.32 Å². The third-order valence-electron chi connectivity index (χ3n) is 4.26. The highest BCUT2D eigenvalue weighted by Gasteiger charge is 2.13. The first-order valence-corrected chi connectivity index (χ1v) is 8.90. The molecule has 2 heterocycles. The molecular weight excluding hydrogens is 330 g/mol. The molecule has 4 aromatic rings. The van der Waals surface area contributed by atoms with Crippen molar-refractivity contribution < 1.29 is 4.79 Å². The fourth-order valence-corrected chi connectivity index (χ4v) is 3.48. The van der Waals surface area contributed by atoms with Gasteiger partial charge in [-0.1, -0.05) is 24.3 Å². The van der Waals surface area contributed by atoms with Crippen LogP contribution in [-0.2, 0) is 0 Å². The van der Waals surface area contributed by atoms with Gasteiger partial charge in [0.15, 0.2) is 0 Å². The molecule has 0 saturated carbocycles. The summed E-state index contributed by atoms with van der Waals surface area (Å²) in [5.41, 5.74) is 5.55. The summed E-state index contributed by atoms with van der Waals surface area (Å²) in [6, 6.07) is 16.0. The molecule has 2 N–H and O–H groups in total. The summed E-state index contributed by atoms with van der Waals surface area (Å²) in [7, 11) is 0. The van der Waals surface area contributed by atoms with Crippen molar-refractivity contribution in [3.05, 3.63) is 70.7 Å². The summed E-state index contributed by atoms with van der Waals surface area (Å²) in [5, 5.41) is 6.64. The fraction of sp³-hybridized carbons (Fsp3) is 0.100. The van der Waals surface area contributed by atoms with Crippen LogP contribution in [0.15, 0.2) is 53.9 Å². The summed E-state index contributed by atoms with van der Waals surface area (Å²) in [4.78, 5) is 20.3. The van der Waals surface area contributed by atoms with Crippen LogP contribution in [0.4, 0.5) is 5.69 Å². The number of carbonyl (C=O) groups excluding carboxylic acids is 1. The largest absolute Gasteiger partial charge is 0.353 e. The lowest BCUT2D eigenvalue weighted by Crippen LogP contribution is -2.12. The molecule has 0 spiro atoms. The number of anilines is 1. The van der Waals surface area contributed by atoms with E-state index in [0.717, 1.165) is 32.9 Å². The quantitative estimate of drug-likeness (QED) is 0.538.